The van der Waals surface area contributed by atoms with E-state index in [1.54, 1.807) is 0 Å². The summed E-state index contributed by atoms with van der Waals surface area (Å²) < 4.78 is 26.8. The Bertz CT molecular complexity index is 1360. The average molecular weight is 634 g/mol. The molecule has 19 nitrogen and oxygen atoms in total. The normalized spacial score (nSPS) is 31.8. The van der Waals surface area contributed by atoms with Crippen molar-refractivity contribution in [2.75, 3.05) is 18.9 Å². The minimum atomic E-state index is -2.46. The van der Waals surface area contributed by atoms with E-state index in [0.29, 0.717) is 0 Å². The van der Waals surface area contributed by atoms with Crippen molar-refractivity contribution in [1.82, 2.24) is 14.9 Å². The summed E-state index contributed by atoms with van der Waals surface area (Å²) in [5, 5.41) is 74.6. The van der Waals surface area contributed by atoms with Crippen molar-refractivity contribution >= 4 is 31.4 Å². The van der Waals surface area contributed by atoms with Gasteiger partial charge in [0.25, 0.3) is 0 Å². The summed E-state index contributed by atoms with van der Waals surface area (Å²) in [6.45, 7) is -1.88. The van der Waals surface area contributed by atoms with Crippen molar-refractivity contribution < 1.29 is 68.9 Å². The van der Waals surface area contributed by atoms with Crippen LogP contribution in [0.4, 0.5) is 5.82 Å². The molecule has 2 aliphatic rings. The number of nitrogens with zero attached hydrogens (tertiary/aromatic N) is 2. The molecule has 0 bridgehead atoms. The van der Waals surface area contributed by atoms with Crippen LogP contribution in [-0.4, -0.2) is 131 Å². The maximum atomic E-state index is 12.6. The van der Waals surface area contributed by atoms with E-state index in [0.717, 1.165) is 10.8 Å². The molecule has 3 heterocycles. The van der Waals surface area contributed by atoms with E-state index in [1.165, 1.54) is 6.07 Å². The van der Waals surface area contributed by atoms with Crippen molar-refractivity contribution in [3.8, 4) is 5.63 Å². The van der Waals surface area contributed by atoms with Gasteiger partial charge in [0.2, 0.25) is 0 Å². The van der Waals surface area contributed by atoms with Gasteiger partial charge in [-0.05, 0) is 6.07 Å². The topological polar surface area (TPSA) is 311 Å². The number of aromatic nitrogens is 2. The van der Waals surface area contributed by atoms with Crippen molar-refractivity contribution in [1.29, 1.82) is 0 Å². The van der Waals surface area contributed by atoms with Crippen LogP contribution in [0.2, 0.25) is 0 Å². The largest absolute Gasteiger partial charge is 0.387 e. The fourth-order valence-electron chi connectivity index (χ4n) is 4.49. The molecule has 0 aliphatic carbocycles. The molecule has 0 unspecified atom stereocenters. The molecule has 0 aromatic carbocycles. The quantitative estimate of drug-likeness (QED) is 0.0810. The number of aliphatic hydroxyl groups excluding tert-OH is 6. The number of ketones is 1. The number of Topliss-reactive ketones (excluding diaryl/α,β-unsaturated/α-hetero) is 1. The Hall–Kier alpha value is -3.06. The Morgan fingerprint density at radius 3 is 2.58 bits per heavy atom. The molecule has 2 saturated heterocycles. The third kappa shape index (κ3) is 8.31. The Morgan fingerprint density at radius 1 is 1.26 bits per heavy atom. The number of anilines is 1. The van der Waals surface area contributed by atoms with Crippen LogP contribution in [-0.2, 0) is 33.2 Å². The molecule has 10 atom stereocenters. The van der Waals surface area contributed by atoms with Gasteiger partial charge in [-0.2, -0.15) is 4.98 Å². The first kappa shape index (κ1) is 34.4. The van der Waals surface area contributed by atoms with E-state index in [4.69, 9.17) is 19.9 Å². The maximum Gasteiger partial charge on any atom is 0.351 e. The number of rotatable bonds is 11. The second kappa shape index (κ2) is 14.6. The standard InChI is InChI=1S/C23H31N4O15P/c24-12-3-4-27(22(37)25-12)20-17(34)15(32)11(41-20)6-40-21(36)18(35)16(33)19-14(10(30)5-23(38,8-28)42-19)26-13(31)2-1-9(29)7-43-39/h3-4,10-11,14-20,28,30,32-35,38H,1-2,5-6,8H2,(H,26,31)(H2,24,25,37)/t10-,11+,14+,15+,16+,17+,18-,19+,20+,23-/m0/s1. The molecule has 2 aliphatic heterocycles. The van der Waals surface area contributed by atoms with Crippen LogP contribution in [0.1, 0.15) is 25.5 Å². The van der Waals surface area contributed by atoms with Crippen molar-refractivity contribution in [3.05, 3.63) is 22.7 Å². The predicted molar refractivity (Wildman–Crippen MR) is 137 cm³/mol. The van der Waals surface area contributed by atoms with E-state index in [1.807, 2.05) is 5.63 Å². The van der Waals surface area contributed by atoms with Crippen LogP contribution in [0.3, 0.4) is 0 Å². The Kier molecular flexibility index (Phi) is 11.7. The number of hydrogen-bond donors (Lipinski definition) is 9. The van der Waals surface area contributed by atoms with Crippen LogP contribution in [0, 0.1) is 5.63 Å². The fraction of sp³-hybridized carbons (Fsp3) is 0.652. The van der Waals surface area contributed by atoms with Crippen LogP contribution in [0.25, 0.3) is 0 Å². The number of ether oxygens (including phenoxy) is 3. The summed E-state index contributed by atoms with van der Waals surface area (Å²) >= 11 is 0. The molecule has 1 amide bonds. The molecule has 10 N–H and O–H groups in total. The number of amides is 1. The first-order chi connectivity index (χ1) is 20.2. The summed E-state index contributed by atoms with van der Waals surface area (Å²) in [6.07, 6.45) is -15.0. The van der Waals surface area contributed by atoms with Crippen molar-refractivity contribution in [2.24, 2.45) is 0 Å². The zero-order chi connectivity index (χ0) is 32.1. The summed E-state index contributed by atoms with van der Waals surface area (Å²) in [5.74, 6) is -5.70. The van der Waals surface area contributed by atoms with Gasteiger partial charge in [0, 0.05) is 6.20 Å². The second-order valence-corrected chi connectivity index (χ2v) is 10.2. The molecule has 1 aromatic rings. The van der Waals surface area contributed by atoms with E-state index >= 15 is 0 Å². The molecule has 0 saturated carbocycles. The summed E-state index contributed by atoms with van der Waals surface area (Å²) in [6, 6.07) is -0.349. The first-order valence-corrected chi connectivity index (χ1v) is 13.5. The Labute approximate surface area is 242 Å². The van der Waals surface area contributed by atoms with Gasteiger partial charge in [0.1, 0.15) is 30.7 Å². The molecule has 1 aromatic heterocycles. The molecular formula is C23H31N4O15P. The van der Waals surface area contributed by atoms with Gasteiger partial charge in [0.15, 0.2) is 6.23 Å². The zero-order valence-corrected chi connectivity index (χ0v) is 23.1. The van der Waals surface area contributed by atoms with E-state index in [9.17, 15) is 59.5 Å². The van der Waals surface area contributed by atoms with Gasteiger partial charge in [0.05, 0.1) is 0 Å². The molecule has 3 rings (SSSR count). The van der Waals surface area contributed by atoms with Crippen LogP contribution < -0.4 is 16.7 Å². The summed E-state index contributed by atoms with van der Waals surface area (Å²) in [5.41, 5.74) is 6.44. The van der Waals surface area contributed by atoms with Gasteiger partial charge in [-0.3, -0.25) is 4.57 Å². The SMILES string of the molecule is Nc1ccn([C@@H]2O[C@H](COC(=O)[C@@H](O)[C@@H](O)[C@@H]3O[C@](O)(CO)C[C@H](O)[C@H]3NC(=O)CCC(=O)C#P=O)[C@@H](O)[C@H]2O)c(=O)n1. The van der Waals surface area contributed by atoms with Gasteiger partial charge >= 0.3 is 158 Å². The van der Waals surface area contributed by atoms with Crippen LogP contribution >= 0.6 is 7.92 Å². The monoisotopic (exact) mass is 634 g/mol. The predicted octanol–water partition coefficient (Wildman–Crippen LogP) is -5.37. The summed E-state index contributed by atoms with van der Waals surface area (Å²) in [4.78, 5) is 52.0. The van der Waals surface area contributed by atoms with Gasteiger partial charge in [-0.1, -0.05) is 0 Å². The number of aliphatic hydroxyl groups is 7. The van der Waals surface area contributed by atoms with Gasteiger partial charge in [-0.15, -0.1) is 0 Å². The van der Waals surface area contributed by atoms with E-state index in [2.05, 4.69) is 10.3 Å². The maximum absolute atomic E-state index is 12.6. The summed E-state index contributed by atoms with van der Waals surface area (Å²) in [7, 11) is -0.685. The van der Waals surface area contributed by atoms with Gasteiger partial charge in [-0.25, -0.2) is 4.79 Å². The zero-order valence-electron chi connectivity index (χ0n) is 22.2. The third-order valence-corrected chi connectivity index (χ3v) is 7.07. The number of esters is 1. The minimum Gasteiger partial charge on any atom is -0.387 e. The third-order valence-electron chi connectivity index (χ3n) is 6.73. The molecule has 0 spiro atoms. The number of hydrogen-bond acceptors (Lipinski definition) is 17. The van der Waals surface area contributed by atoms with Gasteiger partial charge < -0.3 is 20.7 Å². The van der Waals surface area contributed by atoms with Crippen molar-refractivity contribution in [2.45, 2.75) is 80.0 Å². The second-order valence-electron chi connectivity index (χ2n) is 9.83. The van der Waals surface area contributed by atoms with Crippen LogP contribution in [0.5, 0.6) is 0 Å². The average Bonchev–Trinajstić information content (AvgIpc) is 3.24. The first-order valence-electron chi connectivity index (χ1n) is 12.7. The molecule has 0 radical (unpaired) electrons. The number of carbonyl (C=O) groups excluding carboxylic acids is 3. The van der Waals surface area contributed by atoms with Crippen molar-refractivity contribution in [3.63, 3.8) is 0 Å². The number of carbonyl (C=O) groups is 3. The number of nitrogen functional groups attached to an aromatic ring is 1. The minimum absolute atomic E-state index is 0.107. The van der Waals surface area contributed by atoms with Crippen LogP contribution in [0.15, 0.2) is 17.1 Å². The number of nitrogens with one attached hydrogen (secondary N) is 1. The fourth-order valence-corrected chi connectivity index (χ4v) is 4.70. The molecule has 20 heteroatoms. The van der Waals surface area contributed by atoms with E-state index in [-0.39, 0.29) is 5.82 Å². The Morgan fingerprint density at radius 2 is 1.95 bits per heavy atom. The number of nitrogens with two attached hydrogens (primary N) is 1. The smallest absolute Gasteiger partial charge is 0.351 e. The van der Waals surface area contributed by atoms with E-state index < -0.39 is 125 Å². The molecule has 238 valence electrons. The Balaban J connectivity index is 1.67. The molecular weight excluding hydrogens is 603 g/mol. The molecule has 2 fully saturated rings. The molecule has 43 heavy (non-hydrogen) atoms.